The zero-order chi connectivity index (χ0) is 17.4. The fraction of sp³-hybridized carbons (Fsp3) is 0.733. The van der Waals surface area contributed by atoms with Crippen LogP contribution in [0, 0.1) is 0 Å². The van der Waals surface area contributed by atoms with E-state index in [1.54, 1.807) is 22.0 Å². The van der Waals surface area contributed by atoms with E-state index >= 15 is 0 Å². The molecule has 2 fully saturated rings. The second kappa shape index (κ2) is 6.45. The number of piperidine rings is 1. The maximum absolute atomic E-state index is 12.5. The molecule has 2 saturated heterocycles. The summed E-state index contributed by atoms with van der Waals surface area (Å²) in [5.74, 6) is -0.0629. The van der Waals surface area contributed by atoms with Gasteiger partial charge in [-0.25, -0.2) is 18.1 Å². The number of hydrogen-bond acceptors (Lipinski definition) is 5. The van der Waals surface area contributed by atoms with Crippen LogP contribution in [0.4, 0.5) is 0 Å². The van der Waals surface area contributed by atoms with Crippen LogP contribution in [-0.2, 0) is 21.8 Å². The molecule has 1 atom stereocenters. The minimum atomic E-state index is -3.22. The van der Waals surface area contributed by atoms with Crippen molar-refractivity contribution in [3.05, 3.63) is 18.2 Å². The third kappa shape index (κ3) is 3.96. The minimum Gasteiger partial charge on any atom is -0.375 e. The van der Waals surface area contributed by atoms with E-state index < -0.39 is 10.0 Å². The van der Waals surface area contributed by atoms with Gasteiger partial charge in [-0.1, -0.05) is 0 Å². The van der Waals surface area contributed by atoms with Crippen LogP contribution in [0.3, 0.4) is 0 Å². The van der Waals surface area contributed by atoms with Gasteiger partial charge in [-0.2, -0.15) is 0 Å². The SMILES string of the molecule is Cn1cnc(C(=O)N2CCC3(CC2)CC(NS(C)(=O)=O)CCO3)c1. The van der Waals surface area contributed by atoms with Crippen LogP contribution in [0.25, 0.3) is 0 Å². The fourth-order valence-corrected chi connectivity index (χ4v) is 4.39. The minimum absolute atomic E-state index is 0.0629. The van der Waals surface area contributed by atoms with Crippen molar-refractivity contribution in [3.8, 4) is 0 Å². The van der Waals surface area contributed by atoms with Gasteiger partial charge >= 0.3 is 0 Å². The molecule has 0 aliphatic carbocycles. The normalized spacial score (nSPS) is 24.2. The number of rotatable bonds is 3. The molecule has 24 heavy (non-hydrogen) atoms. The van der Waals surface area contributed by atoms with E-state index in [2.05, 4.69) is 9.71 Å². The summed E-state index contributed by atoms with van der Waals surface area (Å²) in [5.41, 5.74) is 0.122. The van der Waals surface area contributed by atoms with E-state index in [0.717, 1.165) is 0 Å². The molecule has 8 nitrogen and oxygen atoms in total. The molecule has 2 aliphatic rings. The molecule has 2 aliphatic heterocycles. The molecule has 9 heteroatoms. The van der Waals surface area contributed by atoms with Gasteiger partial charge in [-0.05, 0) is 25.7 Å². The summed E-state index contributed by atoms with van der Waals surface area (Å²) in [7, 11) is -1.38. The maximum Gasteiger partial charge on any atom is 0.274 e. The van der Waals surface area contributed by atoms with Gasteiger partial charge in [0.25, 0.3) is 5.91 Å². The molecule has 1 amide bonds. The quantitative estimate of drug-likeness (QED) is 0.830. The lowest BCUT2D eigenvalue weighted by Gasteiger charge is -2.46. The van der Waals surface area contributed by atoms with Gasteiger partial charge in [0.05, 0.1) is 18.2 Å². The maximum atomic E-state index is 12.5. The number of carbonyl (C=O) groups is 1. The van der Waals surface area contributed by atoms with Gasteiger partial charge in [-0.3, -0.25) is 4.79 Å². The number of carbonyl (C=O) groups excluding carboxylic acids is 1. The van der Waals surface area contributed by atoms with Crippen LogP contribution in [0.1, 0.15) is 36.2 Å². The van der Waals surface area contributed by atoms with Crippen molar-refractivity contribution in [1.82, 2.24) is 19.2 Å². The van der Waals surface area contributed by atoms with Crippen molar-refractivity contribution in [2.45, 2.75) is 37.3 Å². The highest BCUT2D eigenvalue weighted by molar-refractivity contribution is 7.88. The van der Waals surface area contributed by atoms with E-state index in [1.807, 2.05) is 7.05 Å². The number of ether oxygens (including phenoxy) is 1. The van der Waals surface area contributed by atoms with Crippen molar-refractivity contribution < 1.29 is 17.9 Å². The predicted octanol–water partition coefficient (Wildman–Crippen LogP) is 0.123. The number of sulfonamides is 1. The van der Waals surface area contributed by atoms with Crippen LogP contribution in [0.2, 0.25) is 0 Å². The Balaban J connectivity index is 1.60. The molecule has 134 valence electrons. The summed E-state index contributed by atoms with van der Waals surface area (Å²) in [5, 5.41) is 0. The Kier molecular flexibility index (Phi) is 4.67. The Morgan fingerprint density at radius 3 is 2.71 bits per heavy atom. The first kappa shape index (κ1) is 17.4. The molecule has 1 unspecified atom stereocenters. The van der Waals surface area contributed by atoms with Gasteiger partial charge in [0, 0.05) is 39.0 Å². The molecule has 1 aromatic rings. The lowest BCUT2D eigenvalue weighted by molar-refractivity contribution is -0.113. The van der Waals surface area contributed by atoms with Crippen LogP contribution < -0.4 is 4.72 Å². The highest BCUT2D eigenvalue weighted by Crippen LogP contribution is 2.35. The van der Waals surface area contributed by atoms with E-state index in [0.29, 0.717) is 51.1 Å². The molecule has 0 radical (unpaired) electrons. The molecule has 3 rings (SSSR count). The first-order chi connectivity index (χ1) is 11.3. The van der Waals surface area contributed by atoms with Crippen LogP contribution in [0.15, 0.2) is 12.5 Å². The summed E-state index contributed by atoms with van der Waals surface area (Å²) in [6.07, 6.45) is 7.29. The molecule has 3 heterocycles. The summed E-state index contributed by atoms with van der Waals surface area (Å²) in [4.78, 5) is 18.4. The third-order valence-electron chi connectivity index (χ3n) is 4.76. The topological polar surface area (TPSA) is 93.5 Å². The Bertz CT molecular complexity index is 707. The molecule has 0 aromatic carbocycles. The summed E-state index contributed by atoms with van der Waals surface area (Å²) in [6, 6.07) is -0.0909. The highest BCUT2D eigenvalue weighted by atomic mass is 32.2. The number of nitrogens with one attached hydrogen (secondary N) is 1. The van der Waals surface area contributed by atoms with Crippen molar-refractivity contribution in [3.63, 3.8) is 0 Å². The second-order valence-corrected chi connectivity index (χ2v) is 8.61. The highest BCUT2D eigenvalue weighted by Gasteiger charge is 2.42. The van der Waals surface area contributed by atoms with Crippen molar-refractivity contribution in [2.24, 2.45) is 7.05 Å². The van der Waals surface area contributed by atoms with Gasteiger partial charge < -0.3 is 14.2 Å². The van der Waals surface area contributed by atoms with E-state index in [9.17, 15) is 13.2 Å². The van der Waals surface area contributed by atoms with E-state index in [-0.39, 0.29) is 17.6 Å². The van der Waals surface area contributed by atoms with Crippen molar-refractivity contribution >= 4 is 15.9 Å². The molecule has 0 bridgehead atoms. The van der Waals surface area contributed by atoms with E-state index in [1.165, 1.54) is 6.26 Å². The monoisotopic (exact) mass is 356 g/mol. The Morgan fingerprint density at radius 1 is 1.42 bits per heavy atom. The first-order valence-electron chi connectivity index (χ1n) is 8.15. The number of likely N-dealkylation sites (tertiary alicyclic amines) is 1. The third-order valence-corrected chi connectivity index (χ3v) is 5.52. The lowest BCUT2D eigenvalue weighted by atomic mass is 9.82. The predicted molar refractivity (Wildman–Crippen MR) is 88.0 cm³/mol. The smallest absolute Gasteiger partial charge is 0.274 e. The zero-order valence-corrected chi connectivity index (χ0v) is 14.9. The van der Waals surface area contributed by atoms with Crippen LogP contribution >= 0.6 is 0 Å². The number of aryl methyl sites for hydroxylation is 1. The zero-order valence-electron chi connectivity index (χ0n) is 14.1. The van der Waals surface area contributed by atoms with Gasteiger partial charge in [0.2, 0.25) is 10.0 Å². The molecular formula is C15H24N4O4S. The van der Waals surface area contributed by atoms with Crippen LogP contribution in [-0.4, -0.2) is 66.4 Å². The lowest BCUT2D eigenvalue weighted by Crippen LogP contribution is -2.54. The van der Waals surface area contributed by atoms with Crippen molar-refractivity contribution in [2.75, 3.05) is 26.0 Å². The molecule has 1 spiro atoms. The number of imidazole rings is 1. The van der Waals surface area contributed by atoms with E-state index in [4.69, 9.17) is 4.74 Å². The largest absolute Gasteiger partial charge is 0.375 e. The first-order valence-corrected chi connectivity index (χ1v) is 10.0. The molecular weight excluding hydrogens is 332 g/mol. The Morgan fingerprint density at radius 2 is 2.12 bits per heavy atom. The molecule has 0 saturated carbocycles. The average molecular weight is 356 g/mol. The number of amides is 1. The van der Waals surface area contributed by atoms with Gasteiger partial charge in [-0.15, -0.1) is 0 Å². The summed E-state index contributed by atoms with van der Waals surface area (Å²) >= 11 is 0. The van der Waals surface area contributed by atoms with Crippen molar-refractivity contribution in [1.29, 1.82) is 0 Å². The fourth-order valence-electron chi connectivity index (χ4n) is 3.58. The molecule has 1 aromatic heterocycles. The average Bonchev–Trinajstić information content (AvgIpc) is 2.92. The number of hydrogen-bond donors (Lipinski definition) is 1. The standard InChI is InChI=1S/C15H24N4O4S/c1-18-10-13(16-11-18)14(20)19-6-4-15(5-7-19)9-12(3-8-23-15)17-24(2,21)22/h10-12,17H,3-9H2,1-2H3. The Hall–Kier alpha value is -1.45. The Labute approximate surface area is 142 Å². The summed E-state index contributed by atoms with van der Waals surface area (Å²) < 4.78 is 33.4. The van der Waals surface area contributed by atoms with Crippen LogP contribution in [0.5, 0.6) is 0 Å². The number of nitrogens with zero attached hydrogens (tertiary/aromatic N) is 3. The summed E-state index contributed by atoms with van der Waals surface area (Å²) in [6.45, 7) is 1.74. The second-order valence-electron chi connectivity index (χ2n) is 6.83. The van der Waals surface area contributed by atoms with Gasteiger partial charge in [0.15, 0.2) is 0 Å². The van der Waals surface area contributed by atoms with Gasteiger partial charge in [0.1, 0.15) is 5.69 Å². The molecule has 1 N–H and O–H groups in total. The number of aromatic nitrogens is 2.